The number of aromatic nitrogens is 3. The monoisotopic (exact) mass is 611 g/mol. The molecule has 0 aliphatic carbocycles. The summed E-state index contributed by atoms with van der Waals surface area (Å²) in [6, 6.07) is 7.20. The highest BCUT2D eigenvalue weighted by atomic mass is 19.1. The fourth-order valence-corrected chi connectivity index (χ4v) is 7.63. The van der Waals surface area contributed by atoms with E-state index >= 15 is 0 Å². The Morgan fingerprint density at radius 1 is 1.07 bits per heavy atom. The van der Waals surface area contributed by atoms with Crippen LogP contribution in [0.5, 0.6) is 0 Å². The molecule has 0 unspecified atom stereocenters. The Bertz CT molecular complexity index is 1560. The number of allylic oxidation sites excluding steroid dienone is 4. The smallest absolute Gasteiger partial charge is 0.158 e. The Morgan fingerprint density at radius 2 is 1.78 bits per heavy atom. The molecule has 2 fully saturated rings. The summed E-state index contributed by atoms with van der Waals surface area (Å²) in [4.78, 5) is 9.39. The Labute approximate surface area is 270 Å². The highest BCUT2D eigenvalue weighted by Crippen LogP contribution is 2.40. The summed E-state index contributed by atoms with van der Waals surface area (Å²) >= 11 is 0. The van der Waals surface area contributed by atoms with Crippen LogP contribution >= 0.6 is 0 Å². The lowest BCUT2D eigenvalue weighted by molar-refractivity contribution is 0.0960. The van der Waals surface area contributed by atoms with E-state index in [1.807, 2.05) is 17.5 Å². The van der Waals surface area contributed by atoms with Gasteiger partial charge in [-0.15, -0.1) is 0 Å². The van der Waals surface area contributed by atoms with Gasteiger partial charge in [-0.3, -0.25) is 0 Å². The molecule has 5 nitrogen and oxygen atoms in total. The maximum Gasteiger partial charge on any atom is 0.158 e. The quantitative estimate of drug-likeness (QED) is 0.214. The maximum atomic E-state index is 14.8. The standard InChI is InChI=1S/C39H54FN5/c1-9-16-39(40)17-22-43(23-18-39)19-13-29(6)44-20-14-32(15-21-44)33-12-11-28(5)35(24-33)37(27(3)4)34(10-2)36-25-45-38(41-26-42-45)31(8)30(36)7/h9,11-12,16,24-27,32H,6,10,13-15,17-23H2,1-5,7-8H3/b16-9+,37-34+. The lowest BCUT2D eigenvalue weighted by Gasteiger charge is -2.37. The van der Waals surface area contributed by atoms with E-state index in [1.165, 1.54) is 50.2 Å². The molecular weight excluding hydrogens is 557 g/mol. The first-order chi connectivity index (χ1) is 21.5. The van der Waals surface area contributed by atoms with E-state index < -0.39 is 5.67 Å². The predicted molar refractivity (Wildman–Crippen MR) is 187 cm³/mol. The second kappa shape index (κ2) is 14.0. The van der Waals surface area contributed by atoms with Gasteiger partial charge >= 0.3 is 0 Å². The summed E-state index contributed by atoms with van der Waals surface area (Å²) in [6.07, 6.45) is 12.8. The number of hydrogen-bond acceptors (Lipinski definition) is 4. The number of fused-ring (bicyclic) bond motifs is 1. The summed E-state index contributed by atoms with van der Waals surface area (Å²) in [6.45, 7) is 24.7. The minimum atomic E-state index is -1.12. The number of nitrogens with zero attached hydrogens (tertiary/aromatic N) is 5. The van der Waals surface area contributed by atoms with Crippen molar-refractivity contribution in [1.29, 1.82) is 0 Å². The molecule has 6 heteroatoms. The number of likely N-dealkylation sites (tertiary alicyclic amines) is 2. The van der Waals surface area contributed by atoms with Crippen molar-refractivity contribution in [3.8, 4) is 0 Å². The van der Waals surface area contributed by atoms with Crippen LogP contribution in [-0.2, 0) is 0 Å². The summed E-state index contributed by atoms with van der Waals surface area (Å²) < 4.78 is 16.7. The highest BCUT2D eigenvalue weighted by Gasteiger charge is 2.32. The third kappa shape index (κ3) is 7.11. The van der Waals surface area contributed by atoms with E-state index in [0.717, 1.165) is 64.1 Å². The van der Waals surface area contributed by atoms with Crippen LogP contribution in [0, 0.1) is 26.7 Å². The summed E-state index contributed by atoms with van der Waals surface area (Å²) in [7, 11) is 0. The van der Waals surface area contributed by atoms with Gasteiger partial charge in [0.25, 0.3) is 0 Å². The van der Waals surface area contributed by atoms with Crippen LogP contribution in [0.4, 0.5) is 4.39 Å². The molecule has 0 N–H and O–H groups in total. The molecule has 0 amide bonds. The number of aryl methyl sites for hydroxylation is 2. The van der Waals surface area contributed by atoms with Crippen molar-refractivity contribution in [3.63, 3.8) is 0 Å². The molecule has 2 saturated heterocycles. The first-order valence-corrected chi connectivity index (χ1v) is 17.2. The van der Waals surface area contributed by atoms with Crippen molar-refractivity contribution in [2.24, 2.45) is 5.92 Å². The summed E-state index contributed by atoms with van der Waals surface area (Å²) in [5, 5.41) is 4.49. The second-order valence-electron chi connectivity index (χ2n) is 13.7. The number of pyridine rings is 1. The molecule has 242 valence electrons. The van der Waals surface area contributed by atoms with Gasteiger partial charge in [0.05, 0.1) is 0 Å². The van der Waals surface area contributed by atoms with E-state index in [4.69, 9.17) is 0 Å². The SMILES string of the molecule is C=C(CCN1CCC(F)(/C=C/C)CC1)N1CCC(c2ccc(C)c(/C(=C(\CC)c3cn4ncnc4c(C)c3C)C(C)C)c2)CC1. The molecule has 0 radical (unpaired) electrons. The molecule has 2 aliphatic rings. The molecule has 0 atom stereocenters. The first-order valence-electron chi connectivity index (χ1n) is 17.2. The minimum absolute atomic E-state index is 0.384. The molecule has 0 spiro atoms. The van der Waals surface area contributed by atoms with Crippen LogP contribution in [0.1, 0.15) is 106 Å². The van der Waals surface area contributed by atoms with Gasteiger partial charge in [0.15, 0.2) is 5.65 Å². The minimum Gasteiger partial charge on any atom is -0.375 e. The molecule has 0 bridgehead atoms. The van der Waals surface area contributed by atoms with Crippen LogP contribution in [-0.4, -0.2) is 62.8 Å². The largest absolute Gasteiger partial charge is 0.375 e. The Balaban J connectivity index is 1.29. The van der Waals surface area contributed by atoms with E-state index in [0.29, 0.717) is 24.7 Å². The number of halogens is 1. The molecule has 45 heavy (non-hydrogen) atoms. The fourth-order valence-electron chi connectivity index (χ4n) is 7.63. The van der Waals surface area contributed by atoms with Gasteiger partial charge < -0.3 is 9.80 Å². The molecule has 0 saturated carbocycles. The number of hydrogen-bond donors (Lipinski definition) is 0. The van der Waals surface area contributed by atoms with E-state index in [-0.39, 0.29) is 0 Å². The molecule has 5 rings (SSSR count). The molecule has 4 heterocycles. The van der Waals surface area contributed by atoms with Crippen molar-refractivity contribution < 1.29 is 4.39 Å². The molecular formula is C39H54FN5. The average molecular weight is 612 g/mol. The lowest BCUT2D eigenvalue weighted by Crippen LogP contribution is -2.41. The predicted octanol–water partition coefficient (Wildman–Crippen LogP) is 9.09. The van der Waals surface area contributed by atoms with Crippen molar-refractivity contribution in [2.45, 2.75) is 98.6 Å². The number of piperidine rings is 2. The van der Waals surface area contributed by atoms with Gasteiger partial charge in [-0.05, 0) is 123 Å². The lowest BCUT2D eigenvalue weighted by atomic mass is 9.81. The third-order valence-corrected chi connectivity index (χ3v) is 10.5. The van der Waals surface area contributed by atoms with Gasteiger partial charge in [-0.1, -0.05) is 57.7 Å². The summed E-state index contributed by atoms with van der Waals surface area (Å²) in [5.41, 5.74) is 11.8. The van der Waals surface area contributed by atoms with Gasteiger partial charge in [0.1, 0.15) is 12.0 Å². The molecule has 1 aromatic carbocycles. The number of alkyl halides is 1. The zero-order valence-electron chi connectivity index (χ0n) is 28.8. The van der Waals surface area contributed by atoms with Crippen molar-refractivity contribution >= 4 is 16.8 Å². The van der Waals surface area contributed by atoms with Gasteiger partial charge in [0, 0.05) is 44.6 Å². The maximum absolute atomic E-state index is 14.8. The van der Waals surface area contributed by atoms with E-state index in [2.05, 4.69) is 92.4 Å². The average Bonchev–Trinajstić information content (AvgIpc) is 3.51. The molecule has 2 aliphatic heterocycles. The first kappa shape index (κ1) is 33.1. The molecule has 3 aromatic rings. The normalized spacial score (nSPS) is 18.7. The molecule has 2 aromatic heterocycles. The van der Waals surface area contributed by atoms with Crippen molar-refractivity contribution in [1.82, 2.24) is 24.4 Å². The zero-order chi connectivity index (χ0) is 32.3. The zero-order valence-corrected chi connectivity index (χ0v) is 28.8. The van der Waals surface area contributed by atoms with E-state index in [9.17, 15) is 4.39 Å². The van der Waals surface area contributed by atoms with Gasteiger partial charge in [-0.25, -0.2) is 13.9 Å². The van der Waals surface area contributed by atoms with Crippen LogP contribution in [0.15, 0.2) is 55.2 Å². The van der Waals surface area contributed by atoms with Crippen LogP contribution in [0.3, 0.4) is 0 Å². The Morgan fingerprint density at radius 3 is 2.42 bits per heavy atom. The second-order valence-corrected chi connectivity index (χ2v) is 13.7. The number of rotatable bonds is 10. The third-order valence-electron chi connectivity index (χ3n) is 10.5. The van der Waals surface area contributed by atoms with Gasteiger partial charge in [-0.2, -0.15) is 5.10 Å². The fraction of sp³-hybridized carbons (Fsp3) is 0.538. The van der Waals surface area contributed by atoms with Crippen molar-refractivity contribution in [3.05, 3.63) is 88.5 Å². The van der Waals surface area contributed by atoms with E-state index in [1.54, 1.807) is 12.4 Å². The summed E-state index contributed by atoms with van der Waals surface area (Å²) in [5.74, 6) is 0.934. The topological polar surface area (TPSA) is 36.7 Å². The number of benzene rings is 1. The van der Waals surface area contributed by atoms with Gasteiger partial charge in [0.2, 0.25) is 0 Å². The Hall–Kier alpha value is -3.25. The van der Waals surface area contributed by atoms with Crippen LogP contribution in [0.25, 0.3) is 16.8 Å². The highest BCUT2D eigenvalue weighted by molar-refractivity contribution is 5.93. The Kier molecular flexibility index (Phi) is 10.3. The van der Waals surface area contributed by atoms with Crippen LogP contribution < -0.4 is 0 Å². The van der Waals surface area contributed by atoms with Crippen molar-refractivity contribution in [2.75, 3.05) is 32.7 Å². The van der Waals surface area contributed by atoms with Crippen LogP contribution in [0.2, 0.25) is 0 Å².